The molecule has 0 bridgehead atoms. The van der Waals surface area contributed by atoms with E-state index < -0.39 is 18.1 Å². The zero-order valence-electron chi connectivity index (χ0n) is 66.5. The lowest BCUT2D eigenvalue weighted by Crippen LogP contribution is -2.55. The summed E-state index contributed by atoms with van der Waals surface area (Å²) in [4.78, 5) is 94.1. The average molecular weight is 1530 g/mol. The van der Waals surface area contributed by atoms with Crippen LogP contribution in [-0.4, -0.2) is 205 Å². The summed E-state index contributed by atoms with van der Waals surface area (Å²) >= 11 is 0. The smallest absolute Gasteiger partial charge is 0.243 e. The van der Waals surface area contributed by atoms with Gasteiger partial charge in [0.1, 0.15) is 18.1 Å². The van der Waals surface area contributed by atoms with Crippen molar-refractivity contribution in [3.63, 3.8) is 0 Å². The van der Waals surface area contributed by atoms with E-state index in [0.29, 0.717) is 115 Å². The highest BCUT2D eigenvalue weighted by atomic mass is 33.1. The normalized spacial score (nSPS) is 12.8. The van der Waals surface area contributed by atoms with Gasteiger partial charge in [0.25, 0.3) is 0 Å². The van der Waals surface area contributed by atoms with Crippen LogP contribution in [0, 0.1) is 17.8 Å². The third kappa shape index (κ3) is 54.4. The summed E-state index contributed by atoms with van der Waals surface area (Å²) in [5.74, 6) is 3.90. The van der Waals surface area contributed by atoms with Gasteiger partial charge in [-0.05, 0) is 97.8 Å². The molecule has 0 fully saturated rings. The maximum atomic E-state index is 14.6. The Morgan fingerprint density at radius 3 is 0.730 bits per heavy atom. The fourth-order valence-corrected chi connectivity index (χ4v) is 18.4. The minimum absolute atomic E-state index is 0.0381. The Kier molecular flexibility index (Phi) is 67.5. The molecule has 0 aliphatic heterocycles. The topological polar surface area (TPSA) is 179 Å². The van der Waals surface area contributed by atoms with Crippen molar-refractivity contribution in [2.75, 3.05) is 113 Å². The first-order valence-corrected chi connectivity index (χ1v) is 47.6. The van der Waals surface area contributed by atoms with Crippen molar-refractivity contribution in [2.45, 2.75) is 333 Å². The zero-order chi connectivity index (χ0) is 74.4. The van der Waals surface area contributed by atoms with Crippen LogP contribution in [0.15, 0.2) is 0 Å². The monoisotopic (exact) mass is 1520 g/mol. The Bertz CT molecular complexity index is 1770. The molecule has 0 radical (unpaired) electrons. The van der Waals surface area contributed by atoms with Gasteiger partial charge in [0.05, 0.1) is 18.3 Å². The summed E-state index contributed by atoms with van der Waals surface area (Å²) < 4.78 is 17.7. The zero-order valence-corrected chi connectivity index (χ0v) is 71.4. The molecule has 0 heterocycles. The highest BCUT2D eigenvalue weighted by molar-refractivity contribution is 8.77. The summed E-state index contributed by atoms with van der Waals surface area (Å²) in [5.41, 5.74) is 0. The van der Waals surface area contributed by atoms with Gasteiger partial charge in [0.2, 0.25) is 35.4 Å². The fourth-order valence-electron chi connectivity index (χ4n) is 12.0. The minimum atomic E-state index is -0.700. The lowest BCUT2D eigenvalue weighted by Gasteiger charge is -2.35. The van der Waals surface area contributed by atoms with Crippen molar-refractivity contribution >= 4 is 100 Å². The van der Waals surface area contributed by atoms with Crippen molar-refractivity contribution in [3.05, 3.63) is 0 Å². The summed E-state index contributed by atoms with van der Waals surface area (Å²) in [5, 5.41) is 9.65. The third-order valence-corrected chi connectivity index (χ3v) is 25.0. The van der Waals surface area contributed by atoms with Crippen molar-refractivity contribution < 1.29 is 43.0 Å². The molecule has 0 rings (SSSR count). The molecule has 100 heavy (non-hydrogen) atoms. The fraction of sp³-hybridized carbons (Fsp3) is 0.923. The van der Waals surface area contributed by atoms with E-state index in [1.54, 1.807) is 47.1 Å². The molecule has 0 aliphatic rings. The Balaban J connectivity index is 6.68. The molecular formula is C78H153N7O9S6. The van der Waals surface area contributed by atoms with Crippen molar-refractivity contribution in [1.82, 2.24) is 35.6 Å². The van der Waals surface area contributed by atoms with Gasteiger partial charge in [0, 0.05) is 133 Å². The van der Waals surface area contributed by atoms with E-state index in [4.69, 9.17) is 14.2 Å². The van der Waals surface area contributed by atoms with Gasteiger partial charge < -0.3 is 44.9 Å². The van der Waals surface area contributed by atoms with Gasteiger partial charge in [-0.15, -0.1) is 0 Å². The predicted molar refractivity (Wildman–Crippen MR) is 440 cm³/mol. The van der Waals surface area contributed by atoms with Crippen molar-refractivity contribution in [1.29, 1.82) is 0 Å². The first-order chi connectivity index (χ1) is 48.1. The Hall–Kier alpha value is -1.24. The molecule has 0 saturated carbocycles. The molecule has 0 aromatic rings. The number of nitrogens with one attached hydrogen (secondary N) is 3. The number of hydrogen-bond acceptors (Lipinski definition) is 16. The molecule has 16 nitrogen and oxygen atoms in total. The van der Waals surface area contributed by atoms with Crippen LogP contribution in [0.1, 0.15) is 296 Å². The summed E-state index contributed by atoms with van der Waals surface area (Å²) in [6.45, 7) is 35.3. The lowest BCUT2D eigenvalue weighted by atomic mass is 10.0. The van der Waals surface area contributed by atoms with Crippen LogP contribution in [-0.2, 0) is 43.0 Å². The first-order valence-electron chi connectivity index (χ1n) is 40.2. The minimum Gasteiger partial charge on any atom is -0.379 e. The van der Waals surface area contributed by atoms with Crippen LogP contribution >= 0.6 is 64.8 Å². The number of carbonyl (C=O) groups is 6. The molecular weight excluding hydrogens is 1370 g/mol. The van der Waals surface area contributed by atoms with E-state index in [1.165, 1.54) is 154 Å². The Morgan fingerprint density at radius 1 is 0.290 bits per heavy atom. The van der Waals surface area contributed by atoms with Crippen LogP contribution in [0.25, 0.3) is 0 Å². The molecule has 3 unspecified atom stereocenters. The van der Waals surface area contributed by atoms with E-state index in [-0.39, 0.29) is 91.1 Å². The van der Waals surface area contributed by atoms with E-state index in [1.807, 2.05) is 115 Å². The number of nitrogens with zero attached hydrogens (tertiary/aromatic N) is 4. The quantitative estimate of drug-likeness (QED) is 0.0386. The summed E-state index contributed by atoms with van der Waals surface area (Å²) in [6, 6.07) is -2.10. The molecule has 0 aliphatic carbocycles. The van der Waals surface area contributed by atoms with Crippen molar-refractivity contribution in [2.24, 2.45) is 17.8 Å². The molecule has 0 aromatic heterocycles. The van der Waals surface area contributed by atoms with E-state index in [0.717, 1.165) is 17.3 Å². The average Bonchev–Trinajstić information content (AvgIpc) is 0.863. The van der Waals surface area contributed by atoms with Gasteiger partial charge in [-0.2, -0.15) is 0 Å². The van der Waals surface area contributed by atoms with Gasteiger partial charge >= 0.3 is 0 Å². The van der Waals surface area contributed by atoms with Crippen LogP contribution in [0.2, 0.25) is 0 Å². The standard InChI is InChI=1S/C78H153N7O9S6/c1-16-19-22-25-28-31-34-37-58-95-98-61-43-70(86)83(49-40-55-92-67(10)11)73(64(4)5)76(89)79-46-52-82(53-47-80-77(90)74(65(6)7)84(50-41-56-93-68(12)13)71(87)44-62-99-96-59-38-35-32-29-26-23-20-17-2)54-48-81-78(91)75(66(8)9)85(51-42-57-94-69(14)15)72(88)45-63-100-97-60-39-36-33-30-27-24-21-18-3/h64-69,73-75H,16-63H2,1-15H3,(H,79,89)(H,80,90)(H,81,91). The second-order valence-corrected chi connectivity index (χ2v) is 37.1. The number of unbranched alkanes of at least 4 members (excludes halogenated alkanes) is 21. The number of hydrogen-bond donors (Lipinski definition) is 3. The van der Waals surface area contributed by atoms with Crippen LogP contribution in [0.3, 0.4) is 0 Å². The molecule has 590 valence electrons. The molecule has 0 saturated heterocycles. The van der Waals surface area contributed by atoms with E-state index in [2.05, 4.69) is 41.6 Å². The SMILES string of the molecule is CCCCCCCCCCSSCCC(=O)N(CCCOC(C)C)C(C(=O)NCCN(CCNC(=O)C(C(C)C)N(CCCOC(C)C)C(=O)CCSSCCCCCCCCCC)CCNC(=O)C(C(C)C)N(CCCOC(C)C)C(=O)CCSSCCCCCCCCCC)C(C)C. The largest absolute Gasteiger partial charge is 0.379 e. The van der Waals surface area contributed by atoms with Crippen LogP contribution in [0.5, 0.6) is 0 Å². The maximum absolute atomic E-state index is 14.6. The van der Waals surface area contributed by atoms with Crippen molar-refractivity contribution in [3.8, 4) is 0 Å². The maximum Gasteiger partial charge on any atom is 0.243 e. The van der Waals surface area contributed by atoms with Gasteiger partial charge in [0.15, 0.2) is 0 Å². The first kappa shape index (κ1) is 98.8. The number of amides is 6. The Morgan fingerprint density at radius 2 is 0.510 bits per heavy atom. The van der Waals surface area contributed by atoms with Crippen LogP contribution in [0.4, 0.5) is 0 Å². The predicted octanol–water partition coefficient (Wildman–Crippen LogP) is 18.4. The summed E-state index contributed by atoms with van der Waals surface area (Å²) in [6.07, 6.45) is 33.7. The molecule has 6 amide bonds. The summed E-state index contributed by atoms with van der Waals surface area (Å²) in [7, 11) is 10.7. The number of rotatable bonds is 72. The molecule has 3 N–H and O–H groups in total. The van der Waals surface area contributed by atoms with Gasteiger partial charge in [-0.3, -0.25) is 33.7 Å². The second kappa shape index (κ2) is 68.3. The van der Waals surface area contributed by atoms with E-state index in [9.17, 15) is 28.8 Å². The molecule has 0 spiro atoms. The molecule has 22 heteroatoms. The van der Waals surface area contributed by atoms with Gasteiger partial charge in [-0.25, -0.2) is 0 Å². The molecule has 0 aromatic carbocycles. The number of carbonyl (C=O) groups excluding carboxylic acids is 6. The highest BCUT2D eigenvalue weighted by Gasteiger charge is 2.35. The molecule has 3 atom stereocenters. The lowest BCUT2D eigenvalue weighted by molar-refractivity contribution is -0.142. The van der Waals surface area contributed by atoms with Crippen LogP contribution < -0.4 is 16.0 Å². The number of ether oxygens (including phenoxy) is 3. The Labute approximate surface area is 638 Å². The van der Waals surface area contributed by atoms with E-state index >= 15 is 0 Å². The second-order valence-electron chi connectivity index (χ2n) is 29.0. The highest BCUT2D eigenvalue weighted by Crippen LogP contribution is 2.28. The van der Waals surface area contributed by atoms with Gasteiger partial charge in [-0.1, -0.05) is 262 Å². The third-order valence-electron chi connectivity index (χ3n) is 17.5.